The normalized spacial score (nSPS) is 16.1. The zero-order valence-corrected chi connectivity index (χ0v) is 15.7. The number of nitrogens with zero attached hydrogens (tertiary/aromatic N) is 1. The van der Waals surface area contributed by atoms with E-state index in [2.05, 4.69) is 17.1 Å². The van der Waals surface area contributed by atoms with Gasteiger partial charge in [0.25, 0.3) is 0 Å². The van der Waals surface area contributed by atoms with Gasteiger partial charge in [0, 0.05) is 43.9 Å². The molecular formula is C17H30Cl2N2O2. The minimum absolute atomic E-state index is 0. The average molecular weight is 365 g/mol. The number of benzene rings is 1. The molecule has 2 N–H and O–H groups in total. The molecule has 1 aromatic carbocycles. The van der Waals surface area contributed by atoms with Crippen molar-refractivity contribution < 1.29 is 9.84 Å². The van der Waals surface area contributed by atoms with Gasteiger partial charge in [-0.15, -0.1) is 24.8 Å². The second-order valence-electron chi connectivity index (χ2n) is 5.72. The van der Waals surface area contributed by atoms with Crippen LogP contribution in [0.25, 0.3) is 0 Å². The number of piperazine rings is 1. The molecule has 23 heavy (non-hydrogen) atoms. The van der Waals surface area contributed by atoms with Gasteiger partial charge in [0.2, 0.25) is 0 Å². The molecule has 1 heterocycles. The maximum absolute atomic E-state index is 9.67. The summed E-state index contributed by atoms with van der Waals surface area (Å²) in [5, 5.41) is 13.1. The molecule has 4 nitrogen and oxygen atoms in total. The van der Waals surface area contributed by atoms with E-state index in [0.29, 0.717) is 6.04 Å². The number of halogens is 2. The summed E-state index contributed by atoms with van der Waals surface area (Å²) in [6.07, 6.45) is 4.88. The van der Waals surface area contributed by atoms with E-state index in [0.717, 1.165) is 38.3 Å². The van der Waals surface area contributed by atoms with Crippen molar-refractivity contribution in [2.24, 2.45) is 0 Å². The fraction of sp³-hybridized carbons (Fsp3) is 0.647. The van der Waals surface area contributed by atoms with E-state index < -0.39 is 0 Å². The van der Waals surface area contributed by atoms with E-state index in [1.165, 1.54) is 24.8 Å². The smallest absolute Gasteiger partial charge is 0.127 e. The number of rotatable bonds is 7. The molecule has 1 fully saturated rings. The minimum Gasteiger partial charge on any atom is -0.508 e. The van der Waals surface area contributed by atoms with Crippen molar-refractivity contribution in [1.82, 2.24) is 10.2 Å². The van der Waals surface area contributed by atoms with Crippen LogP contribution in [0.5, 0.6) is 11.5 Å². The lowest BCUT2D eigenvalue weighted by Gasteiger charge is -2.36. The van der Waals surface area contributed by atoms with Crippen LogP contribution in [0.1, 0.15) is 44.2 Å². The Morgan fingerprint density at radius 3 is 2.52 bits per heavy atom. The molecule has 0 aliphatic carbocycles. The van der Waals surface area contributed by atoms with Crippen LogP contribution in [0.15, 0.2) is 18.2 Å². The number of aromatic hydroxyl groups is 1. The summed E-state index contributed by atoms with van der Waals surface area (Å²) < 4.78 is 5.50. The van der Waals surface area contributed by atoms with Crippen LogP contribution < -0.4 is 10.1 Å². The summed E-state index contributed by atoms with van der Waals surface area (Å²) in [6, 6.07) is 5.90. The predicted molar refractivity (Wildman–Crippen MR) is 100 cm³/mol. The summed E-state index contributed by atoms with van der Waals surface area (Å²) in [5.41, 5.74) is 1.20. The van der Waals surface area contributed by atoms with Gasteiger partial charge < -0.3 is 15.2 Å². The number of hydrogen-bond acceptors (Lipinski definition) is 4. The number of ether oxygens (including phenoxy) is 1. The second kappa shape index (κ2) is 11.8. The van der Waals surface area contributed by atoms with Crippen molar-refractivity contribution in [3.63, 3.8) is 0 Å². The molecule has 0 spiro atoms. The van der Waals surface area contributed by atoms with Crippen molar-refractivity contribution in [3.8, 4) is 11.5 Å². The SMILES string of the molecule is CCCCC[C@H](c1ccc(O)cc1OC)N1CCNCC1.Cl.Cl. The van der Waals surface area contributed by atoms with Crippen molar-refractivity contribution >= 4 is 24.8 Å². The maximum Gasteiger partial charge on any atom is 0.127 e. The first-order chi connectivity index (χ1) is 10.3. The molecule has 0 amide bonds. The molecule has 0 aromatic heterocycles. The Bertz CT molecular complexity index is 441. The highest BCUT2D eigenvalue weighted by Gasteiger charge is 2.24. The monoisotopic (exact) mass is 364 g/mol. The number of hydrogen-bond donors (Lipinski definition) is 2. The summed E-state index contributed by atoms with van der Waals surface area (Å²) in [4.78, 5) is 2.54. The third-order valence-electron chi connectivity index (χ3n) is 4.25. The van der Waals surface area contributed by atoms with Gasteiger partial charge >= 0.3 is 0 Å². The third-order valence-corrected chi connectivity index (χ3v) is 4.25. The third kappa shape index (κ3) is 6.38. The first kappa shape index (κ1) is 22.3. The summed E-state index contributed by atoms with van der Waals surface area (Å²) in [6.45, 7) is 6.47. The topological polar surface area (TPSA) is 44.7 Å². The van der Waals surface area contributed by atoms with Gasteiger partial charge in [-0.3, -0.25) is 4.90 Å². The highest BCUT2D eigenvalue weighted by atomic mass is 35.5. The van der Waals surface area contributed by atoms with Crippen LogP contribution in [-0.2, 0) is 0 Å². The molecule has 0 unspecified atom stereocenters. The van der Waals surface area contributed by atoms with Gasteiger partial charge in [-0.2, -0.15) is 0 Å². The van der Waals surface area contributed by atoms with Gasteiger partial charge in [0.05, 0.1) is 7.11 Å². The molecule has 1 aliphatic rings. The molecule has 1 aromatic rings. The molecule has 0 bridgehead atoms. The highest BCUT2D eigenvalue weighted by molar-refractivity contribution is 5.85. The van der Waals surface area contributed by atoms with Crippen molar-refractivity contribution in [3.05, 3.63) is 23.8 Å². The van der Waals surface area contributed by atoms with E-state index in [1.807, 2.05) is 6.07 Å². The quantitative estimate of drug-likeness (QED) is 0.722. The lowest BCUT2D eigenvalue weighted by Crippen LogP contribution is -2.45. The van der Waals surface area contributed by atoms with E-state index in [4.69, 9.17) is 4.74 Å². The molecule has 1 atom stereocenters. The van der Waals surface area contributed by atoms with Crippen molar-refractivity contribution in [1.29, 1.82) is 0 Å². The summed E-state index contributed by atoms with van der Waals surface area (Å²) >= 11 is 0. The van der Waals surface area contributed by atoms with Crippen LogP contribution in [-0.4, -0.2) is 43.3 Å². The maximum atomic E-state index is 9.67. The van der Waals surface area contributed by atoms with Crippen LogP contribution in [0.4, 0.5) is 0 Å². The standard InChI is InChI=1S/C17H28N2O2.2ClH/c1-3-4-5-6-16(19-11-9-18-10-12-19)15-8-7-14(20)13-17(15)21-2;;/h7-8,13,16,18,20H,3-6,9-12H2,1-2H3;2*1H/t16-;;/m1../s1. The van der Waals surface area contributed by atoms with E-state index >= 15 is 0 Å². The number of methoxy groups -OCH3 is 1. The van der Waals surface area contributed by atoms with Gasteiger partial charge in [-0.05, 0) is 12.5 Å². The van der Waals surface area contributed by atoms with Gasteiger partial charge in [-0.1, -0.05) is 32.3 Å². The van der Waals surface area contributed by atoms with Crippen LogP contribution in [0.2, 0.25) is 0 Å². The summed E-state index contributed by atoms with van der Waals surface area (Å²) in [7, 11) is 1.68. The second-order valence-corrected chi connectivity index (χ2v) is 5.72. The number of unbranched alkanes of at least 4 members (excludes halogenated alkanes) is 2. The van der Waals surface area contributed by atoms with Crippen LogP contribution >= 0.6 is 24.8 Å². The molecule has 1 saturated heterocycles. The highest BCUT2D eigenvalue weighted by Crippen LogP contribution is 2.35. The molecule has 134 valence electrons. The number of phenolic OH excluding ortho intramolecular Hbond substituents is 1. The lowest BCUT2D eigenvalue weighted by molar-refractivity contribution is 0.160. The Kier molecular flexibility index (Phi) is 11.4. The number of phenols is 1. The van der Waals surface area contributed by atoms with E-state index in [1.54, 1.807) is 19.2 Å². The zero-order chi connectivity index (χ0) is 15.1. The molecule has 0 radical (unpaired) electrons. The fourth-order valence-electron chi connectivity index (χ4n) is 3.09. The largest absolute Gasteiger partial charge is 0.508 e. The Morgan fingerprint density at radius 2 is 1.91 bits per heavy atom. The molecule has 0 saturated carbocycles. The van der Waals surface area contributed by atoms with Crippen molar-refractivity contribution in [2.45, 2.75) is 38.6 Å². The first-order valence-corrected chi connectivity index (χ1v) is 8.08. The van der Waals surface area contributed by atoms with E-state index in [9.17, 15) is 5.11 Å². The lowest BCUT2D eigenvalue weighted by atomic mass is 9.97. The van der Waals surface area contributed by atoms with Crippen molar-refractivity contribution in [2.75, 3.05) is 33.3 Å². The van der Waals surface area contributed by atoms with Gasteiger partial charge in [0.15, 0.2) is 0 Å². The molecule has 1 aliphatic heterocycles. The Morgan fingerprint density at radius 1 is 1.22 bits per heavy atom. The zero-order valence-electron chi connectivity index (χ0n) is 14.1. The Labute approximate surface area is 152 Å². The van der Waals surface area contributed by atoms with Gasteiger partial charge in [0.1, 0.15) is 11.5 Å². The molecule has 6 heteroatoms. The van der Waals surface area contributed by atoms with E-state index in [-0.39, 0.29) is 30.6 Å². The predicted octanol–water partition coefficient (Wildman–Crippen LogP) is 3.77. The Hall–Kier alpha value is -0.680. The fourth-order valence-corrected chi connectivity index (χ4v) is 3.09. The van der Waals surface area contributed by atoms with Crippen LogP contribution in [0, 0.1) is 0 Å². The first-order valence-electron chi connectivity index (χ1n) is 8.08. The molecule has 2 rings (SSSR count). The Balaban J connectivity index is 0.00000242. The van der Waals surface area contributed by atoms with Gasteiger partial charge in [-0.25, -0.2) is 0 Å². The van der Waals surface area contributed by atoms with Crippen LogP contribution in [0.3, 0.4) is 0 Å². The minimum atomic E-state index is 0. The number of nitrogens with one attached hydrogen (secondary N) is 1. The average Bonchev–Trinajstić information content (AvgIpc) is 2.53. The summed E-state index contributed by atoms with van der Waals surface area (Å²) in [5.74, 6) is 1.07. The molecular weight excluding hydrogens is 335 g/mol.